The second kappa shape index (κ2) is 4.74. The number of hydrogen-bond acceptors (Lipinski definition) is 4. The molecule has 0 spiro atoms. The lowest BCUT2D eigenvalue weighted by atomic mass is 10.2. The molecule has 1 amide bonds. The predicted octanol–water partition coefficient (Wildman–Crippen LogP) is -0.341. The van der Waals surface area contributed by atoms with Gasteiger partial charge in [-0.3, -0.25) is 9.59 Å². The van der Waals surface area contributed by atoms with E-state index in [4.69, 9.17) is 0 Å². The average molecular weight is 233 g/mol. The first kappa shape index (κ1) is 12.2. The molecule has 0 aromatic heterocycles. The fraction of sp³-hybridized carbons (Fsp3) is 0.778. The van der Waals surface area contributed by atoms with Gasteiger partial charge in [0.05, 0.1) is 17.4 Å². The molecule has 86 valence electrons. The molecule has 1 rings (SSSR count). The van der Waals surface area contributed by atoms with Crippen LogP contribution in [0, 0.1) is 0 Å². The number of rotatable bonds is 4. The second-order valence-corrected chi connectivity index (χ2v) is 6.21. The number of carbonyl (C=O) groups is 2. The zero-order valence-corrected chi connectivity index (χ0v) is 9.47. The van der Waals surface area contributed by atoms with Gasteiger partial charge in [-0.2, -0.15) is 0 Å². The quantitative estimate of drug-likeness (QED) is 0.674. The molecule has 0 aromatic rings. The van der Waals surface area contributed by atoms with Crippen molar-refractivity contribution < 1.29 is 18.0 Å². The largest absolute Gasteiger partial charge is 0.354 e. The van der Waals surface area contributed by atoms with Crippen LogP contribution >= 0.6 is 0 Å². The molecule has 1 heterocycles. The Bertz CT molecular complexity index is 360. The normalized spacial score (nSPS) is 23.7. The summed E-state index contributed by atoms with van der Waals surface area (Å²) in [7, 11) is -3.01. The number of carbonyl (C=O) groups excluding carboxylic acids is 2. The van der Waals surface area contributed by atoms with E-state index in [0.29, 0.717) is 12.8 Å². The van der Waals surface area contributed by atoms with Gasteiger partial charge in [0.15, 0.2) is 9.84 Å². The van der Waals surface area contributed by atoms with Gasteiger partial charge in [-0.25, -0.2) is 8.42 Å². The van der Waals surface area contributed by atoms with Crippen LogP contribution in [0.25, 0.3) is 0 Å². The van der Waals surface area contributed by atoms with E-state index in [0.717, 1.165) is 0 Å². The maximum Gasteiger partial charge on any atom is 0.227 e. The molecular formula is C9H15NO4S. The Labute approximate surface area is 89.2 Å². The Morgan fingerprint density at radius 3 is 2.53 bits per heavy atom. The van der Waals surface area contributed by atoms with Crippen molar-refractivity contribution in [3.05, 3.63) is 0 Å². The van der Waals surface area contributed by atoms with Crippen LogP contribution in [0.3, 0.4) is 0 Å². The summed E-state index contributed by atoms with van der Waals surface area (Å²) in [6.07, 6.45) is 1.09. The van der Waals surface area contributed by atoms with Crippen molar-refractivity contribution in [2.45, 2.75) is 31.4 Å². The molecule has 6 heteroatoms. The van der Waals surface area contributed by atoms with E-state index in [2.05, 4.69) is 5.32 Å². The van der Waals surface area contributed by atoms with Crippen LogP contribution in [0.4, 0.5) is 0 Å². The zero-order valence-electron chi connectivity index (χ0n) is 8.65. The summed E-state index contributed by atoms with van der Waals surface area (Å²) in [5.74, 6) is -0.411. The van der Waals surface area contributed by atoms with Crippen molar-refractivity contribution in [1.82, 2.24) is 5.32 Å². The molecule has 1 saturated heterocycles. The van der Waals surface area contributed by atoms with Crippen LogP contribution in [-0.2, 0) is 19.4 Å². The lowest BCUT2D eigenvalue weighted by molar-refractivity contribution is -0.127. The first-order valence-corrected chi connectivity index (χ1v) is 6.61. The molecule has 0 aliphatic carbocycles. The first-order valence-electron chi connectivity index (χ1n) is 4.89. The number of hydrogen-bond donors (Lipinski definition) is 1. The molecule has 0 radical (unpaired) electrons. The van der Waals surface area contributed by atoms with Crippen molar-refractivity contribution in [2.75, 3.05) is 12.3 Å². The maximum absolute atomic E-state index is 11.4. The smallest absolute Gasteiger partial charge is 0.227 e. The molecule has 1 N–H and O–H groups in total. The van der Waals surface area contributed by atoms with E-state index < -0.39 is 21.0 Å². The summed E-state index contributed by atoms with van der Waals surface area (Å²) >= 11 is 0. The van der Waals surface area contributed by atoms with Crippen LogP contribution in [0.1, 0.15) is 26.2 Å². The highest BCUT2D eigenvalue weighted by atomic mass is 32.2. The second-order valence-electron chi connectivity index (χ2n) is 3.81. The summed E-state index contributed by atoms with van der Waals surface area (Å²) in [5.41, 5.74) is 0. The molecule has 1 unspecified atom stereocenters. The van der Waals surface area contributed by atoms with Crippen LogP contribution in [0.2, 0.25) is 0 Å². The van der Waals surface area contributed by atoms with Gasteiger partial charge in [0.25, 0.3) is 0 Å². The van der Waals surface area contributed by atoms with Crippen LogP contribution in [-0.4, -0.2) is 37.7 Å². The molecule has 1 aliphatic heterocycles. The van der Waals surface area contributed by atoms with Crippen molar-refractivity contribution in [3.8, 4) is 0 Å². The standard InChI is InChI=1S/C9H15NO4S/c1-7(11)5-9(12)10-6-8-3-2-4-15(8,13)14/h8H,2-6H2,1H3,(H,10,12). The Kier molecular flexibility index (Phi) is 3.84. The van der Waals surface area contributed by atoms with Gasteiger partial charge in [0, 0.05) is 6.54 Å². The zero-order chi connectivity index (χ0) is 11.5. The Morgan fingerprint density at radius 2 is 2.07 bits per heavy atom. The minimum atomic E-state index is -3.01. The lowest BCUT2D eigenvalue weighted by Crippen LogP contribution is -2.35. The van der Waals surface area contributed by atoms with Crippen LogP contribution < -0.4 is 5.32 Å². The van der Waals surface area contributed by atoms with Crippen LogP contribution in [0.5, 0.6) is 0 Å². The third-order valence-corrected chi connectivity index (χ3v) is 4.68. The summed E-state index contributed by atoms with van der Waals surface area (Å²) in [5, 5.41) is 2.01. The van der Waals surface area contributed by atoms with Gasteiger partial charge >= 0.3 is 0 Å². The molecule has 5 nitrogen and oxygen atoms in total. The highest BCUT2D eigenvalue weighted by molar-refractivity contribution is 7.92. The van der Waals surface area contributed by atoms with Gasteiger partial charge in [-0.15, -0.1) is 0 Å². The average Bonchev–Trinajstić information content (AvgIpc) is 2.40. The van der Waals surface area contributed by atoms with E-state index in [1.165, 1.54) is 6.92 Å². The molecule has 15 heavy (non-hydrogen) atoms. The fourth-order valence-electron chi connectivity index (χ4n) is 1.60. The van der Waals surface area contributed by atoms with E-state index in [9.17, 15) is 18.0 Å². The number of amides is 1. The third kappa shape index (κ3) is 3.62. The Hall–Kier alpha value is -0.910. The maximum atomic E-state index is 11.4. The highest BCUT2D eigenvalue weighted by Gasteiger charge is 2.31. The topological polar surface area (TPSA) is 80.3 Å². The minimum Gasteiger partial charge on any atom is -0.354 e. The van der Waals surface area contributed by atoms with Gasteiger partial charge in [0.1, 0.15) is 5.78 Å². The van der Waals surface area contributed by atoms with E-state index in [-0.39, 0.29) is 24.5 Å². The molecule has 1 atom stereocenters. The third-order valence-electron chi connectivity index (χ3n) is 2.40. The van der Waals surface area contributed by atoms with Gasteiger partial charge < -0.3 is 5.32 Å². The monoisotopic (exact) mass is 233 g/mol. The number of sulfone groups is 1. The Morgan fingerprint density at radius 1 is 1.40 bits per heavy atom. The van der Waals surface area contributed by atoms with E-state index in [1.807, 2.05) is 0 Å². The number of Topliss-reactive ketones (excluding diaryl/α,β-unsaturated/α-hetero) is 1. The predicted molar refractivity (Wildman–Crippen MR) is 55.1 cm³/mol. The SMILES string of the molecule is CC(=O)CC(=O)NCC1CCCS1(=O)=O. The van der Waals surface area contributed by atoms with Crippen molar-refractivity contribution in [2.24, 2.45) is 0 Å². The first-order chi connectivity index (χ1) is 6.92. The molecule has 0 bridgehead atoms. The van der Waals surface area contributed by atoms with Gasteiger partial charge in [-0.1, -0.05) is 0 Å². The summed E-state index contributed by atoms with van der Waals surface area (Å²) < 4.78 is 22.8. The van der Waals surface area contributed by atoms with Crippen LogP contribution in [0.15, 0.2) is 0 Å². The molecule has 1 aliphatic rings. The molecule has 0 saturated carbocycles. The summed E-state index contributed by atoms with van der Waals surface area (Å²) in [6.45, 7) is 1.46. The molecular weight excluding hydrogens is 218 g/mol. The van der Waals surface area contributed by atoms with E-state index in [1.54, 1.807) is 0 Å². The summed E-state index contributed by atoms with van der Waals surface area (Å²) in [6, 6.07) is 0. The minimum absolute atomic E-state index is 0.133. The van der Waals surface area contributed by atoms with Crippen molar-refractivity contribution >= 4 is 21.5 Å². The molecule has 0 aromatic carbocycles. The Balaban J connectivity index is 2.38. The van der Waals surface area contributed by atoms with E-state index >= 15 is 0 Å². The highest BCUT2D eigenvalue weighted by Crippen LogP contribution is 2.18. The van der Waals surface area contributed by atoms with Gasteiger partial charge in [-0.05, 0) is 19.8 Å². The number of ketones is 1. The lowest BCUT2D eigenvalue weighted by Gasteiger charge is -2.09. The summed E-state index contributed by atoms with van der Waals surface area (Å²) in [4.78, 5) is 21.7. The molecule has 1 fully saturated rings. The number of nitrogens with one attached hydrogen (secondary N) is 1. The van der Waals surface area contributed by atoms with Crippen molar-refractivity contribution in [3.63, 3.8) is 0 Å². The fourth-order valence-corrected chi connectivity index (χ4v) is 3.37. The van der Waals surface area contributed by atoms with Gasteiger partial charge in [0.2, 0.25) is 5.91 Å². The van der Waals surface area contributed by atoms with Crippen molar-refractivity contribution in [1.29, 1.82) is 0 Å².